The molecule has 0 saturated carbocycles. The fourth-order valence-electron chi connectivity index (χ4n) is 2.73. The van der Waals surface area contributed by atoms with Crippen molar-refractivity contribution >= 4 is 11.6 Å². The van der Waals surface area contributed by atoms with Crippen LogP contribution in [0.1, 0.15) is 24.0 Å². The maximum atomic E-state index is 12.1. The number of carbonyl (C=O) groups excluding carboxylic acids is 1. The van der Waals surface area contributed by atoms with Crippen molar-refractivity contribution in [3.05, 3.63) is 96.1 Å². The van der Waals surface area contributed by atoms with Gasteiger partial charge in [0.15, 0.2) is 0 Å². The molecule has 0 saturated heterocycles. The predicted octanol–water partition coefficient (Wildman–Crippen LogP) is 5.23. The highest BCUT2D eigenvalue weighted by Gasteiger charge is 2.04. The van der Waals surface area contributed by atoms with Crippen LogP contribution in [0.4, 0.5) is 5.69 Å². The fraction of sp³-hybridized carbons (Fsp3) is 0.174. The summed E-state index contributed by atoms with van der Waals surface area (Å²) in [6, 6.07) is 27.8. The lowest BCUT2D eigenvalue weighted by atomic mass is 10.1. The summed E-state index contributed by atoms with van der Waals surface area (Å²) in [6.45, 7) is 0.509. The molecule has 0 spiro atoms. The highest BCUT2D eigenvalue weighted by atomic mass is 16.5. The zero-order valence-electron chi connectivity index (χ0n) is 14.7. The molecule has 1 amide bonds. The van der Waals surface area contributed by atoms with E-state index in [2.05, 4.69) is 17.4 Å². The Morgan fingerprint density at radius 3 is 2.23 bits per heavy atom. The number of carbonyl (C=O) groups is 1. The van der Waals surface area contributed by atoms with Gasteiger partial charge in [0, 0.05) is 18.2 Å². The lowest BCUT2D eigenvalue weighted by Crippen LogP contribution is -2.11. The molecule has 3 aromatic rings. The molecule has 3 nitrogen and oxygen atoms in total. The van der Waals surface area contributed by atoms with Crippen molar-refractivity contribution in [3.8, 4) is 5.75 Å². The third kappa shape index (κ3) is 5.78. The first kappa shape index (κ1) is 17.7. The minimum Gasteiger partial charge on any atom is -0.489 e. The lowest BCUT2D eigenvalue weighted by molar-refractivity contribution is -0.116. The van der Waals surface area contributed by atoms with E-state index in [9.17, 15) is 4.79 Å². The van der Waals surface area contributed by atoms with E-state index in [1.54, 1.807) is 0 Å². The van der Waals surface area contributed by atoms with Gasteiger partial charge in [-0.3, -0.25) is 4.79 Å². The summed E-state index contributed by atoms with van der Waals surface area (Å²) >= 11 is 0. The van der Waals surface area contributed by atoms with E-state index in [1.165, 1.54) is 5.56 Å². The third-order valence-electron chi connectivity index (χ3n) is 4.08. The molecule has 0 unspecified atom stereocenters. The second-order valence-electron chi connectivity index (χ2n) is 6.19. The van der Waals surface area contributed by atoms with Gasteiger partial charge in [-0.05, 0) is 36.1 Å². The average Bonchev–Trinajstić information content (AvgIpc) is 2.68. The normalized spacial score (nSPS) is 10.3. The first-order valence-electron chi connectivity index (χ1n) is 8.90. The van der Waals surface area contributed by atoms with E-state index in [-0.39, 0.29) is 5.91 Å². The van der Waals surface area contributed by atoms with Crippen molar-refractivity contribution < 1.29 is 9.53 Å². The Morgan fingerprint density at radius 2 is 1.50 bits per heavy atom. The van der Waals surface area contributed by atoms with Crippen molar-refractivity contribution in [3.63, 3.8) is 0 Å². The molecule has 0 aliphatic rings. The standard InChI is InChI=1S/C23H23NO2/c25-23(16-7-13-19-9-3-1-4-10-19)24-21-14-8-15-22(17-21)26-18-20-11-5-2-6-12-20/h1-6,8-12,14-15,17H,7,13,16,18H2,(H,24,25). The zero-order valence-corrected chi connectivity index (χ0v) is 14.7. The highest BCUT2D eigenvalue weighted by Crippen LogP contribution is 2.19. The second kappa shape index (κ2) is 9.42. The van der Waals surface area contributed by atoms with Gasteiger partial charge in [0.25, 0.3) is 0 Å². The number of rotatable bonds is 8. The van der Waals surface area contributed by atoms with E-state index in [1.807, 2.05) is 72.8 Å². The number of hydrogen-bond acceptors (Lipinski definition) is 2. The van der Waals surface area contributed by atoms with Crippen LogP contribution in [0.5, 0.6) is 5.75 Å². The minimum absolute atomic E-state index is 0.0288. The van der Waals surface area contributed by atoms with Gasteiger partial charge in [-0.25, -0.2) is 0 Å². The molecule has 1 N–H and O–H groups in total. The van der Waals surface area contributed by atoms with E-state index in [0.717, 1.165) is 29.8 Å². The summed E-state index contributed by atoms with van der Waals surface area (Å²) in [5, 5.41) is 2.95. The molecule has 132 valence electrons. The Hall–Kier alpha value is -3.07. The van der Waals surface area contributed by atoms with Crippen LogP contribution in [0.3, 0.4) is 0 Å². The van der Waals surface area contributed by atoms with Crippen LogP contribution in [0.2, 0.25) is 0 Å². The van der Waals surface area contributed by atoms with Crippen LogP contribution in [0, 0.1) is 0 Å². The molecule has 0 bridgehead atoms. The van der Waals surface area contributed by atoms with Crippen molar-refractivity contribution in [1.82, 2.24) is 0 Å². The van der Waals surface area contributed by atoms with Gasteiger partial charge in [-0.2, -0.15) is 0 Å². The van der Waals surface area contributed by atoms with Crippen molar-refractivity contribution in [2.24, 2.45) is 0 Å². The Labute approximate surface area is 154 Å². The molecular formula is C23H23NO2. The van der Waals surface area contributed by atoms with Crippen LogP contribution in [0.15, 0.2) is 84.9 Å². The molecule has 26 heavy (non-hydrogen) atoms. The van der Waals surface area contributed by atoms with Crippen LogP contribution in [-0.2, 0) is 17.8 Å². The lowest BCUT2D eigenvalue weighted by Gasteiger charge is -2.09. The second-order valence-corrected chi connectivity index (χ2v) is 6.19. The maximum absolute atomic E-state index is 12.1. The topological polar surface area (TPSA) is 38.3 Å². The molecule has 0 fully saturated rings. The van der Waals surface area contributed by atoms with E-state index in [0.29, 0.717) is 13.0 Å². The van der Waals surface area contributed by atoms with Gasteiger partial charge < -0.3 is 10.1 Å². The number of hydrogen-bond donors (Lipinski definition) is 1. The number of amides is 1. The minimum atomic E-state index is 0.0288. The summed E-state index contributed by atoms with van der Waals surface area (Å²) in [5.74, 6) is 0.775. The molecule has 0 radical (unpaired) electrons. The Bertz CT molecular complexity index is 816. The average molecular weight is 345 g/mol. The van der Waals surface area contributed by atoms with Gasteiger partial charge in [0.2, 0.25) is 5.91 Å². The predicted molar refractivity (Wildman–Crippen MR) is 105 cm³/mol. The zero-order chi connectivity index (χ0) is 18.0. The van der Waals surface area contributed by atoms with Gasteiger partial charge in [-0.1, -0.05) is 66.7 Å². The fourth-order valence-corrected chi connectivity index (χ4v) is 2.73. The number of ether oxygens (including phenoxy) is 1. The van der Waals surface area contributed by atoms with Crippen LogP contribution in [-0.4, -0.2) is 5.91 Å². The first-order valence-corrected chi connectivity index (χ1v) is 8.90. The smallest absolute Gasteiger partial charge is 0.224 e. The number of aryl methyl sites for hydroxylation is 1. The van der Waals surface area contributed by atoms with Gasteiger partial charge in [-0.15, -0.1) is 0 Å². The number of benzene rings is 3. The van der Waals surface area contributed by atoms with Gasteiger partial charge >= 0.3 is 0 Å². The quantitative estimate of drug-likeness (QED) is 0.607. The van der Waals surface area contributed by atoms with E-state index < -0.39 is 0 Å². The Morgan fingerprint density at radius 1 is 0.808 bits per heavy atom. The van der Waals surface area contributed by atoms with Crippen LogP contribution >= 0.6 is 0 Å². The molecule has 3 heteroatoms. The third-order valence-corrected chi connectivity index (χ3v) is 4.08. The molecule has 3 rings (SSSR count). The van der Waals surface area contributed by atoms with Crippen LogP contribution < -0.4 is 10.1 Å². The summed E-state index contributed by atoms with van der Waals surface area (Å²) in [4.78, 5) is 12.1. The molecular weight excluding hydrogens is 322 g/mol. The summed E-state index contributed by atoms with van der Waals surface area (Å²) in [7, 11) is 0. The molecule has 3 aromatic carbocycles. The highest BCUT2D eigenvalue weighted by molar-refractivity contribution is 5.90. The molecule has 0 atom stereocenters. The maximum Gasteiger partial charge on any atom is 0.224 e. The Balaban J connectivity index is 1.46. The largest absolute Gasteiger partial charge is 0.489 e. The molecule has 0 aromatic heterocycles. The first-order chi connectivity index (χ1) is 12.8. The number of anilines is 1. The van der Waals surface area contributed by atoms with Gasteiger partial charge in [0.05, 0.1) is 0 Å². The van der Waals surface area contributed by atoms with Gasteiger partial charge in [0.1, 0.15) is 12.4 Å². The monoisotopic (exact) mass is 345 g/mol. The van der Waals surface area contributed by atoms with Crippen molar-refractivity contribution in [2.75, 3.05) is 5.32 Å². The molecule has 0 aliphatic heterocycles. The van der Waals surface area contributed by atoms with E-state index in [4.69, 9.17) is 4.74 Å². The SMILES string of the molecule is O=C(CCCc1ccccc1)Nc1cccc(OCc2ccccc2)c1. The van der Waals surface area contributed by atoms with E-state index >= 15 is 0 Å². The van der Waals surface area contributed by atoms with Crippen LogP contribution in [0.25, 0.3) is 0 Å². The summed E-state index contributed by atoms with van der Waals surface area (Å²) in [6.07, 6.45) is 2.25. The summed E-state index contributed by atoms with van der Waals surface area (Å²) < 4.78 is 5.80. The summed E-state index contributed by atoms with van der Waals surface area (Å²) in [5.41, 5.74) is 3.14. The number of nitrogens with one attached hydrogen (secondary N) is 1. The van der Waals surface area contributed by atoms with Crippen molar-refractivity contribution in [1.29, 1.82) is 0 Å². The molecule has 0 aliphatic carbocycles. The van der Waals surface area contributed by atoms with Crippen molar-refractivity contribution in [2.45, 2.75) is 25.9 Å². The molecule has 0 heterocycles. The Kier molecular flexibility index (Phi) is 6.43.